The Morgan fingerprint density at radius 2 is 1.21 bits per heavy atom. The largest absolute Gasteiger partial charge is 0.369 e. The lowest BCUT2D eigenvalue weighted by molar-refractivity contribution is -0.123. The zero-order chi connectivity index (χ0) is 17.5. The van der Waals surface area contributed by atoms with Crippen LogP contribution in [-0.4, -0.2) is 30.4 Å². The number of unbranched alkanes of at least 4 members (excludes halogenated alkanes) is 12. The van der Waals surface area contributed by atoms with Gasteiger partial charge in [-0.2, -0.15) is 0 Å². The highest BCUT2D eigenvalue weighted by Gasteiger charge is 2.22. The molecule has 0 saturated carbocycles. The number of piperidine rings is 1. The molecule has 24 heavy (non-hydrogen) atoms. The Kier molecular flexibility index (Phi) is 13.2. The van der Waals surface area contributed by atoms with Crippen LogP contribution in [0, 0.1) is 5.92 Å². The summed E-state index contributed by atoms with van der Waals surface area (Å²) in [5.74, 6) is 0.0310. The highest BCUT2D eigenvalue weighted by atomic mass is 16.1. The first kappa shape index (κ1) is 21.5. The minimum Gasteiger partial charge on any atom is -0.369 e. The zero-order valence-corrected chi connectivity index (χ0v) is 16.2. The van der Waals surface area contributed by atoms with Crippen molar-refractivity contribution in [3.63, 3.8) is 0 Å². The molecule has 0 aromatic heterocycles. The highest BCUT2D eigenvalue weighted by Crippen LogP contribution is 2.17. The molecular weight excluding hydrogens is 296 g/mol. The summed E-state index contributed by atoms with van der Waals surface area (Å²) in [6, 6.07) is 0. The Labute approximate surface area is 150 Å². The number of nitrogens with zero attached hydrogens (tertiary/aromatic N) is 1. The molecule has 1 heterocycles. The summed E-state index contributed by atoms with van der Waals surface area (Å²) in [4.78, 5) is 13.7. The lowest BCUT2D eigenvalue weighted by atomic mass is 9.96. The van der Waals surface area contributed by atoms with Crippen molar-refractivity contribution in [2.24, 2.45) is 11.7 Å². The Balaban J connectivity index is 1.77. The van der Waals surface area contributed by atoms with E-state index in [1.807, 2.05) is 0 Å². The van der Waals surface area contributed by atoms with Crippen LogP contribution in [0.3, 0.4) is 0 Å². The van der Waals surface area contributed by atoms with E-state index in [-0.39, 0.29) is 11.8 Å². The third kappa shape index (κ3) is 11.1. The van der Waals surface area contributed by atoms with E-state index in [4.69, 9.17) is 5.73 Å². The molecule has 0 aromatic carbocycles. The number of rotatable bonds is 15. The minimum absolute atomic E-state index is 0.101. The van der Waals surface area contributed by atoms with E-state index in [0.717, 1.165) is 25.9 Å². The molecule has 0 atom stereocenters. The zero-order valence-electron chi connectivity index (χ0n) is 16.2. The quantitative estimate of drug-likeness (QED) is 0.413. The number of likely N-dealkylation sites (tertiary alicyclic amines) is 1. The second kappa shape index (κ2) is 14.7. The second-order valence-electron chi connectivity index (χ2n) is 7.76. The molecule has 142 valence electrons. The van der Waals surface area contributed by atoms with E-state index in [0.29, 0.717) is 0 Å². The summed E-state index contributed by atoms with van der Waals surface area (Å²) in [6.07, 6.45) is 20.3. The van der Waals surface area contributed by atoms with Gasteiger partial charge in [-0.15, -0.1) is 0 Å². The van der Waals surface area contributed by atoms with Crippen molar-refractivity contribution in [2.45, 2.75) is 103 Å². The SMILES string of the molecule is CCCCCCCCCCCCCCCN1CCC(C(N)=O)CC1. The summed E-state index contributed by atoms with van der Waals surface area (Å²) in [5.41, 5.74) is 5.38. The second-order valence-corrected chi connectivity index (χ2v) is 7.76. The van der Waals surface area contributed by atoms with Gasteiger partial charge in [0.2, 0.25) is 5.91 Å². The van der Waals surface area contributed by atoms with Gasteiger partial charge in [-0.25, -0.2) is 0 Å². The van der Waals surface area contributed by atoms with E-state index in [1.165, 1.54) is 90.0 Å². The molecule has 1 aliphatic heterocycles. The number of carbonyl (C=O) groups is 1. The Bertz CT molecular complexity index is 298. The van der Waals surface area contributed by atoms with Crippen LogP contribution in [0.25, 0.3) is 0 Å². The monoisotopic (exact) mass is 338 g/mol. The molecule has 1 amide bonds. The van der Waals surface area contributed by atoms with Crippen molar-refractivity contribution in [1.82, 2.24) is 4.90 Å². The predicted molar refractivity (Wildman–Crippen MR) is 104 cm³/mol. The molecule has 0 aliphatic carbocycles. The van der Waals surface area contributed by atoms with Crippen LogP contribution in [0.1, 0.15) is 103 Å². The van der Waals surface area contributed by atoms with Gasteiger partial charge < -0.3 is 10.6 Å². The van der Waals surface area contributed by atoms with Gasteiger partial charge in [0.05, 0.1) is 0 Å². The summed E-state index contributed by atoms with van der Waals surface area (Å²) in [6.45, 7) is 5.62. The molecule has 0 aromatic rings. The Hall–Kier alpha value is -0.570. The molecular formula is C21H42N2O. The number of hydrogen-bond donors (Lipinski definition) is 1. The van der Waals surface area contributed by atoms with E-state index in [2.05, 4.69) is 11.8 Å². The summed E-state index contributed by atoms with van der Waals surface area (Å²) in [5, 5.41) is 0. The summed E-state index contributed by atoms with van der Waals surface area (Å²) < 4.78 is 0. The first-order valence-electron chi connectivity index (χ1n) is 10.8. The fourth-order valence-electron chi connectivity index (χ4n) is 3.79. The fraction of sp³-hybridized carbons (Fsp3) is 0.952. The van der Waals surface area contributed by atoms with Crippen LogP contribution < -0.4 is 5.73 Å². The molecule has 1 rings (SSSR count). The molecule has 0 radical (unpaired) electrons. The number of amides is 1. The van der Waals surface area contributed by atoms with Crippen molar-refractivity contribution in [1.29, 1.82) is 0 Å². The maximum atomic E-state index is 11.2. The van der Waals surface area contributed by atoms with Gasteiger partial charge in [0, 0.05) is 5.92 Å². The van der Waals surface area contributed by atoms with Gasteiger partial charge in [-0.3, -0.25) is 4.79 Å². The minimum atomic E-state index is -0.101. The average molecular weight is 339 g/mol. The standard InChI is InChI=1S/C21H42N2O/c1-2-3-4-5-6-7-8-9-10-11-12-13-14-17-23-18-15-20(16-19-23)21(22)24/h20H,2-19H2,1H3,(H2,22,24). The lowest BCUT2D eigenvalue weighted by Gasteiger charge is -2.30. The molecule has 1 aliphatic rings. The highest BCUT2D eigenvalue weighted by molar-refractivity contribution is 5.76. The average Bonchev–Trinajstić information content (AvgIpc) is 2.59. The normalized spacial score (nSPS) is 16.5. The van der Waals surface area contributed by atoms with Gasteiger partial charge in [0.25, 0.3) is 0 Å². The van der Waals surface area contributed by atoms with E-state index < -0.39 is 0 Å². The maximum absolute atomic E-state index is 11.2. The summed E-state index contributed by atoms with van der Waals surface area (Å²) >= 11 is 0. The van der Waals surface area contributed by atoms with Crippen molar-refractivity contribution < 1.29 is 4.79 Å². The molecule has 0 unspecified atom stereocenters. The van der Waals surface area contributed by atoms with Crippen LogP contribution >= 0.6 is 0 Å². The van der Waals surface area contributed by atoms with Gasteiger partial charge >= 0.3 is 0 Å². The van der Waals surface area contributed by atoms with Crippen LogP contribution in [0.15, 0.2) is 0 Å². The third-order valence-corrected chi connectivity index (χ3v) is 5.57. The smallest absolute Gasteiger partial charge is 0.220 e. The van der Waals surface area contributed by atoms with Gasteiger partial charge in [-0.1, -0.05) is 84.0 Å². The Morgan fingerprint density at radius 3 is 1.62 bits per heavy atom. The molecule has 3 heteroatoms. The maximum Gasteiger partial charge on any atom is 0.220 e. The van der Waals surface area contributed by atoms with Crippen LogP contribution in [0.2, 0.25) is 0 Å². The molecule has 3 nitrogen and oxygen atoms in total. The number of carbonyl (C=O) groups excluding carboxylic acids is 1. The van der Waals surface area contributed by atoms with Crippen molar-refractivity contribution >= 4 is 5.91 Å². The van der Waals surface area contributed by atoms with Gasteiger partial charge in [0.15, 0.2) is 0 Å². The topological polar surface area (TPSA) is 46.3 Å². The van der Waals surface area contributed by atoms with Crippen molar-refractivity contribution in [2.75, 3.05) is 19.6 Å². The van der Waals surface area contributed by atoms with Gasteiger partial charge in [-0.05, 0) is 38.9 Å². The number of primary amides is 1. The third-order valence-electron chi connectivity index (χ3n) is 5.57. The fourth-order valence-corrected chi connectivity index (χ4v) is 3.79. The van der Waals surface area contributed by atoms with E-state index in [9.17, 15) is 4.79 Å². The first-order chi connectivity index (χ1) is 11.7. The van der Waals surface area contributed by atoms with Crippen LogP contribution in [0.5, 0.6) is 0 Å². The lowest BCUT2D eigenvalue weighted by Crippen LogP contribution is -2.38. The van der Waals surface area contributed by atoms with Crippen molar-refractivity contribution in [3.8, 4) is 0 Å². The van der Waals surface area contributed by atoms with Gasteiger partial charge in [0.1, 0.15) is 0 Å². The molecule has 1 fully saturated rings. The van der Waals surface area contributed by atoms with Crippen LogP contribution in [-0.2, 0) is 4.79 Å². The molecule has 1 saturated heterocycles. The molecule has 2 N–H and O–H groups in total. The first-order valence-corrected chi connectivity index (χ1v) is 10.8. The summed E-state index contributed by atoms with van der Waals surface area (Å²) in [7, 11) is 0. The predicted octanol–water partition coefficient (Wildman–Crippen LogP) is 5.27. The number of nitrogens with two attached hydrogens (primary N) is 1. The Morgan fingerprint density at radius 1 is 0.792 bits per heavy atom. The van der Waals surface area contributed by atoms with Crippen LogP contribution in [0.4, 0.5) is 0 Å². The van der Waals surface area contributed by atoms with Crippen molar-refractivity contribution in [3.05, 3.63) is 0 Å². The van der Waals surface area contributed by atoms with E-state index >= 15 is 0 Å². The van der Waals surface area contributed by atoms with E-state index in [1.54, 1.807) is 0 Å². The molecule has 0 bridgehead atoms. The molecule has 0 spiro atoms. The number of hydrogen-bond acceptors (Lipinski definition) is 2.